The average Bonchev–Trinajstić information content (AvgIpc) is 2.57. The Hall–Kier alpha value is -1.26. The summed E-state index contributed by atoms with van der Waals surface area (Å²) in [6.45, 7) is 16.3. The Morgan fingerprint density at radius 1 is 0.743 bits per heavy atom. The third-order valence-corrected chi connectivity index (χ3v) is 5.47. The summed E-state index contributed by atoms with van der Waals surface area (Å²) in [4.78, 5) is 0. The number of benzene rings is 2. The molecule has 2 aromatic carbocycles. The molecule has 0 atom stereocenters. The van der Waals surface area contributed by atoms with E-state index in [0.29, 0.717) is 17.5 Å². The van der Waals surface area contributed by atoms with Crippen molar-refractivity contribution in [1.29, 1.82) is 0 Å². The van der Waals surface area contributed by atoms with Gasteiger partial charge in [-0.1, -0.05) is 88.1 Å². The Balaban J connectivity index is 0. The van der Waals surface area contributed by atoms with Crippen molar-refractivity contribution in [2.75, 3.05) is 0 Å². The van der Waals surface area contributed by atoms with Crippen LogP contribution in [0.3, 0.4) is 0 Å². The first-order valence-electron chi connectivity index (χ1n) is 10.2. The molecule has 0 saturated carbocycles. The molecule has 0 aliphatic carbocycles. The molecule has 2 aromatic rings. The van der Waals surface area contributed by atoms with Crippen LogP contribution >= 0.6 is 0 Å². The number of aryl methyl sites for hydroxylation is 2. The van der Waals surface area contributed by atoms with Gasteiger partial charge in [0.25, 0.3) is 0 Å². The Labute approximate surface area is 227 Å². The van der Waals surface area contributed by atoms with Crippen LogP contribution in [0.15, 0.2) is 24.3 Å². The molecule has 35 heavy (non-hydrogen) atoms. The first kappa shape index (κ1) is 35.9. The van der Waals surface area contributed by atoms with Crippen molar-refractivity contribution in [3.63, 3.8) is 0 Å². The van der Waals surface area contributed by atoms with Gasteiger partial charge in [0.2, 0.25) is 0 Å². The second-order valence-electron chi connectivity index (χ2n) is 10.2. The van der Waals surface area contributed by atoms with Crippen molar-refractivity contribution in [2.45, 2.75) is 78.1 Å². The van der Waals surface area contributed by atoms with Gasteiger partial charge >= 0.3 is 27.2 Å². The summed E-state index contributed by atoms with van der Waals surface area (Å²) < 4.78 is 58.9. The summed E-state index contributed by atoms with van der Waals surface area (Å²) in [5.41, 5.74) is -0.862. The van der Waals surface area contributed by atoms with Crippen LogP contribution < -0.4 is 22.6 Å². The summed E-state index contributed by atoms with van der Waals surface area (Å²) in [6, 6.07) is 7.80. The van der Waals surface area contributed by atoms with Crippen molar-refractivity contribution in [1.82, 2.24) is 0 Å². The minimum Gasteiger partial charge on any atom is -1.00 e. The van der Waals surface area contributed by atoms with Crippen LogP contribution in [0, 0.1) is 13.8 Å². The maximum atomic E-state index is 12.9. The largest absolute Gasteiger partial charge is 4.00 e. The fourth-order valence-corrected chi connectivity index (χ4v) is 3.28. The zero-order chi connectivity index (χ0) is 26.2. The van der Waals surface area contributed by atoms with Crippen LogP contribution in [0.4, 0.5) is 13.2 Å². The average molecular weight is 571 g/mol. The quantitative estimate of drug-likeness (QED) is 0.311. The maximum absolute atomic E-state index is 12.9. The van der Waals surface area contributed by atoms with Gasteiger partial charge in [0.05, 0.1) is 0 Å². The minimum atomic E-state index is -6.09. The zero-order valence-electron chi connectivity index (χ0n) is 21.0. The molecule has 194 valence electrons. The summed E-state index contributed by atoms with van der Waals surface area (Å²) in [5, 5.41) is 25.9. The maximum Gasteiger partial charge on any atom is 4.00 e. The van der Waals surface area contributed by atoms with E-state index in [-0.39, 0.29) is 56.5 Å². The molecular weight excluding hydrogens is 541 g/mol. The molecule has 0 aliphatic rings. The number of alkyl halides is 3. The molecule has 0 spiro atoms. The normalized spacial score (nSPS) is 12.1. The zero-order valence-corrected chi connectivity index (χ0v) is 24.1. The van der Waals surface area contributed by atoms with Crippen LogP contribution in [-0.4, -0.2) is 18.5 Å². The summed E-state index contributed by atoms with van der Waals surface area (Å²) >= 11 is 0. The van der Waals surface area contributed by atoms with Crippen molar-refractivity contribution in [2.24, 2.45) is 0 Å². The number of hydrogen-bond acceptors (Lipinski definition) is 5. The molecule has 2 rings (SSSR count). The van der Waals surface area contributed by atoms with Crippen molar-refractivity contribution < 1.29 is 70.5 Å². The fraction of sp³-hybridized carbons (Fsp3) is 0.500. The van der Waals surface area contributed by atoms with E-state index in [1.807, 2.05) is 38.1 Å². The molecule has 0 bridgehead atoms. The van der Waals surface area contributed by atoms with E-state index in [9.17, 15) is 23.4 Å². The molecule has 5 nitrogen and oxygen atoms in total. The number of hydrogen-bond donors (Lipinski definition) is 0. The third kappa shape index (κ3) is 9.96. The van der Waals surface area contributed by atoms with Gasteiger partial charge in [-0.3, -0.25) is 0 Å². The van der Waals surface area contributed by atoms with Gasteiger partial charge in [-0.25, -0.2) is 8.42 Å². The van der Waals surface area contributed by atoms with Crippen LogP contribution in [-0.2, 0) is 49.1 Å². The Morgan fingerprint density at radius 2 is 1.00 bits per heavy atom. The van der Waals surface area contributed by atoms with Gasteiger partial charge in [0, 0.05) is 0 Å². The van der Waals surface area contributed by atoms with Crippen molar-refractivity contribution in [3.8, 4) is 11.5 Å². The first-order valence-corrected chi connectivity index (χ1v) is 11.6. The van der Waals surface area contributed by atoms with Crippen molar-refractivity contribution in [3.05, 3.63) is 57.6 Å². The summed E-state index contributed by atoms with van der Waals surface area (Å²) in [7, 11) is -6.09. The van der Waals surface area contributed by atoms with Crippen molar-refractivity contribution >= 4 is 10.1 Å². The third-order valence-electron chi connectivity index (χ3n) is 4.90. The van der Waals surface area contributed by atoms with E-state index in [4.69, 9.17) is 13.0 Å². The molecular formula is C24H30ClF3O5STi. The van der Waals surface area contributed by atoms with E-state index in [1.165, 1.54) is 0 Å². The summed E-state index contributed by atoms with van der Waals surface area (Å²) in [6.07, 6.45) is 0.396. The van der Waals surface area contributed by atoms with E-state index in [2.05, 4.69) is 41.5 Å². The molecule has 0 fully saturated rings. The van der Waals surface area contributed by atoms with Gasteiger partial charge < -0.3 is 27.2 Å². The van der Waals surface area contributed by atoms with E-state index in [0.717, 1.165) is 22.3 Å². The Kier molecular flexibility index (Phi) is 12.6. The van der Waals surface area contributed by atoms with E-state index in [1.54, 1.807) is 0 Å². The second kappa shape index (κ2) is 12.3. The van der Waals surface area contributed by atoms with Gasteiger partial charge in [0.15, 0.2) is 10.1 Å². The predicted octanol–water partition coefficient (Wildman–Crippen LogP) is 1.69. The predicted molar refractivity (Wildman–Crippen MR) is 117 cm³/mol. The molecule has 0 unspecified atom stereocenters. The fourth-order valence-electron chi connectivity index (χ4n) is 3.28. The van der Waals surface area contributed by atoms with Crippen LogP contribution in [0.1, 0.15) is 74.9 Å². The monoisotopic (exact) mass is 570 g/mol. The second-order valence-corrected chi connectivity index (χ2v) is 11.5. The molecule has 0 radical (unpaired) electrons. The first-order chi connectivity index (χ1) is 14.6. The molecule has 0 heterocycles. The van der Waals surface area contributed by atoms with Gasteiger partial charge in [-0.2, -0.15) is 13.2 Å². The smallest absolute Gasteiger partial charge is 1.00 e. The van der Waals surface area contributed by atoms with Gasteiger partial charge in [-0.15, -0.1) is 11.5 Å². The molecule has 0 amide bonds. The van der Waals surface area contributed by atoms with Crippen LogP contribution in [0.2, 0.25) is 0 Å². The van der Waals surface area contributed by atoms with Gasteiger partial charge in [-0.05, 0) is 42.2 Å². The number of halogens is 4. The van der Waals surface area contributed by atoms with E-state index >= 15 is 0 Å². The summed E-state index contributed by atoms with van der Waals surface area (Å²) in [5.74, 6) is 0.132. The minimum absolute atomic E-state index is 0. The Bertz CT molecular complexity index is 1050. The van der Waals surface area contributed by atoms with Crippen LogP contribution in [0.25, 0.3) is 0 Å². The Morgan fingerprint density at radius 3 is 1.20 bits per heavy atom. The number of rotatable bonds is 2. The SMILES string of the molecule is Cc1cc(Cc2cc(C)cc(C(C)(C)C)c2[O-])c([O-])c(C(C)(C)C)c1.O=S(=O)([O-])C(F)(F)F.[Cl-].[Ti+4]. The van der Waals surface area contributed by atoms with E-state index < -0.39 is 15.6 Å². The molecule has 0 aromatic heterocycles. The molecule has 0 saturated heterocycles. The topological polar surface area (TPSA) is 103 Å². The molecule has 0 N–H and O–H groups in total. The standard InChI is InChI=1S/C23H32O2.CHF3O3S.ClH.Ti/c1-14-9-16(20(24)18(11-14)22(3,4)5)13-17-10-15(2)12-19(21(17)25)23(6,7)8;2-1(3,4)8(5,6)7;;/h9-12,24-25H,13H2,1-8H3;(H,5,6,7);1H;/q;;;+4/p-4. The van der Waals surface area contributed by atoms with Crippen LogP contribution in [0.5, 0.6) is 11.5 Å². The molecule has 11 heteroatoms. The molecule has 0 aliphatic heterocycles. The van der Waals surface area contributed by atoms with Gasteiger partial charge in [0.1, 0.15) is 0 Å².